The predicted octanol–water partition coefficient (Wildman–Crippen LogP) is 3.49. The van der Waals surface area contributed by atoms with Gasteiger partial charge in [0, 0.05) is 15.8 Å². The van der Waals surface area contributed by atoms with E-state index in [0.29, 0.717) is 16.9 Å². The Balaban J connectivity index is 2.50. The normalized spacial score (nSPS) is 10.3. The van der Waals surface area contributed by atoms with Crippen LogP contribution in [-0.4, -0.2) is 5.91 Å². The number of rotatable bonds is 3. The van der Waals surface area contributed by atoms with Gasteiger partial charge < -0.3 is 16.8 Å². The molecular formula is C15H16BrN3O. The van der Waals surface area contributed by atoms with Gasteiger partial charge in [0.05, 0.1) is 11.3 Å². The maximum absolute atomic E-state index is 11.5. The molecule has 0 atom stereocenters. The number of carbonyl (C=O) groups is 1. The third-order valence-electron chi connectivity index (χ3n) is 3.07. The van der Waals surface area contributed by atoms with Gasteiger partial charge in [-0.2, -0.15) is 0 Å². The SMILES string of the molecule is Cc1cc(Br)cc(C)c1Nc1cc(N)ccc1C(N)=O. The van der Waals surface area contributed by atoms with E-state index in [0.717, 1.165) is 21.3 Å². The fourth-order valence-electron chi connectivity index (χ4n) is 2.12. The van der Waals surface area contributed by atoms with E-state index in [9.17, 15) is 4.79 Å². The summed E-state index contributed by atoms with van der Waals surface area (Å²) in [6, 6.07) is 9.01. The molecule has 1 amide bonds. The van der Waals surface area contributed by atoms with Crippen LogP contribution in [0.25, 0.3) is 0 Å². The van der Waals surface area contributed by atoms with E-state index in [1.54, 1.807) is 18.2 Å². The lowest BCUT2D eigenvalue weighted by atomic mass is 10.1. The van der Waals surface area contributed by atoms with Gasteiger partial charge in [-0.1, -0.05) is 15.9 Å². The van der Waals surface area contributed by atoms with Crippen molar-refractivity contribution in [3.05, 3.63) is 51.5 Å². The summed E-state index contributed by atoms with van der Waals surface area (Å²) in [5, 5.41) is 3.26. The molecule has 0 fully saturated rings. The first-order chi connectivity index (χ1) is 9.38. The molecule has 2 aromatic carbocycles. The topological polar surface area (TPSA) is 81.1 Å². The number of hydrogen-bond acceptors (Lipinski definition) is 3. The van der Waals surface area contributed by atoms with Crippen molar-refractivity contribution >= 4 is 38.9 Å². The molecule has 0 saturated heterocycles. The zero-order chi connectivity index (χ0) is 14.9. The summed E-state index contributed by atoms with van der Waals surface area (Å²) in [5.74, 6) is -0.486. The van der Waals surface area contributed by atoms with Gasteiger partial charge in [0.2, 0.25) is 0 Å². The summed E-state index contributed by atoms with van der Waals surface area (Å²) < 4.78 is 1.01. The van der Waals surface area contributed by atoms with E-state index < -0.39 is 5.91 Å². The summed E-state index contributed by atoms with van der Waals surface area (Å²) in [6.07, 6.45) is 0. The van der Waals surface area contributed by atoms with E-state index in [1.165, 1.54) is 0 Å². The smallest absolute Gasteiger partial charge is 0.250 e. The Bertz CT molecular complexity index is 660. The lowest BCUT2D eigenvalue weighted by molar-refractivity contribution is 0.100. The van der Waals surface area contributed by atoms with Crippen molar-refractivity contribution in [1.82, 2.24) is 0 Å². The van der Waals surface area contributed by atoms with Gasteiger partial charge >= 0.3 is 0 Å². The molecule has 0 spiro atoms. The first-order valence-corrected chi connectivity index (χ1v) is 6.91. The van der Waals surface area contributed by atoms with Crippen LogP contribution in [0.15, 0.2) is 34.8 Å². The second-order valence-electron chi connectivity index (χ2n) is 4.71. The molecule has 5 heteroatoms. The molecule has 0 aromatic heterocycles. The highest BCUT2D eigenvalue weighted by molar-refractivity contribution is 9.10. The maximum Gasteiger partial charge on any atom is 0.250 e. The number of nitrogen functional groups attached to an aromatic ring is 1. The third kappa shape index (κ3) is 2.93. The monoisotopic (exact) mass is 333 g/mol. The van der Waals surface area contributed by atoms with E-state index in [4.69, 9.17) is 11.5 Å². The molecule has 0 saturated carbocycles. The molecule has 0 aliphatic heterocycles. The average Bonchev–Trinajstić information content (AvgIpc) is 2.33. The minimum absolute atomic E-state index is 0.418. The van der Waals surface area contributed by atoms with Crippen molar-refractivity contribution in [2.75, 3.05) is 11.1 Å². The number of benzene rings is 2. The molecule has 0 aliphatic carbocycles. The van der Waals surface area contributed by atoms with Crippen LogP contribution in [0.1, 0.15) is 21.5 Å². The quantitative estimate of drug-likeness (QED) is 0.752. The minimum atomic E-state index is -0.486. The highest BCUT2D eigenvalue weighted by Gasteiger charge is 2.11. The third-order valence-corrected chi connectivity index (χ3v) is 3.52. The molecule has 104 valence electrons. The standard InChI is InChI=1S/C15H16BrN3O/c1-8-5-10(16)6-9(2)14(8)19-13-7-11(17)3-4-12(13)15(18)20/h3-7,19H,17H2,1-2H3,(H2,18,20). The number of nitrogens with one attached hydrogen (secondary N) is 1. The second-order valence-corrected chi connectivity index (χ2v) is 5.62. The fourth-order valence-corrected chi connectivity index (χ4v) is 2.81. The molecule has 0 bridgehead atoms. The molecule has 0 aliphatic rings. The summed E-state index contributed by atoms with van der Waals surface area (Å²) in [5.41, 5.74) is 15.9. The van der Waals surface area contributed by atoms with Gasteiger partial charge in [0.1, 0.15) is 0 Å². The van der Waals surface area contributed by atoms with E-state index >= 15 is 0 Å². The molecule has 2 aromatic rings. The molecule has 0 heterocycles. The van der Waals surface area contributed by atoms with E-state index in [2.05, 4.69) is 21.2 Å². The lowest BCUT2D eigenvalue weighted by Gasteiger charge is -2.16. The van der Waals surface area contributed by atoms with Crippen molar-refractivity contribution < 1.29 is 4.79 Å². The van der Waals surface area contributed by atoms with Crippen LogP contribution in [0.5, 0.6) is 0 Å². The Morgan fingerprint density at radius 3 is 2.30 bits per heavy atom. The Morgan fingerprint density at radius 1 is 1.15 bits per heavy atom. The van der Waals surface area contributed by atoms with Gasteiger partial charge in [0.25, 0.3) is 5.91 Å². The van der Waals surface area contributed by atoms with Gasteiger partial charge in [-0.15, -0.1) is 0 Å². The molecular weight excluding hydrogens is 318 g/mol. The van der Waals surface area contributed by atoms with Crippen LogP contribution in [0.4, 0.5) is 17.1 Å². The summed E-state index contributed by atoms with van der Waals surface area (Å²) in [6.45, 7) is 3.99. The number of hydrogen-bond donors (Lipinski definition) is 3. The van der Waals surface area contributed by atoms with Gasteiger partial charge in [-0.25, -0.2) is 0 Å². The summed E-state index contributed by atoms with van der Waals surface area (Å²) in [7, 11) is 0. The molecule has 2 rings (SSSR count). The van der Waals surface area contributed by atoms with Gasteiger partial charge in [-0.05, 0) is 55.3 Å². The van der Waals surface area contributed by atoms with Crippen LogP contribution >= 0.6 is 15.9 Å². The maximum atomic E-state index is 11.5. The number of primary amides is 1. The number of amides is 1. The van der Waals surface area contributed by atoms with Crippen LogP contribution in [0, 0.1) is 13.8 Å². The Kier molecular flexibility index (Phi) is 3.99. The minimum Gasteiger partial charge on any atom is -0.399 e. The fraction of sp³-hybridized carbons (Fsp3) is 0.133. The van der Waals surface area contributed by atoms with Crippen molar-refractivity contribution in [3.8, 4) is 0 Å². The highest BCUT2D eigenvalue weighted by atomic mass is 79.9. The first kappa shape index (κ1) is 14.4. The number of halogens is 1. The van der Waals surface area contributed by atoms with Gasteiger partial charge in [0.15, 0.2) is 0 Å². The van der Waals surface area contributed by atoms with Crippen LogP contribution < -0.4 is 16.8 Å². The number of anilines is 3. The van der Waals surface area contributed by atoms with Crippen LogP contribution in [-0.2, 0) is 0 Å². The van der Waals surface area contributed by atoms with Crippen LogP contribution in [0.2, 0.25) is 0 Å². The predicted molar refractivity (Wildman–Crippen MR) is 86.3 cm³/mol. The van der Waals surface area contributed by atoms with Crippen LogP contribution in [0.3, 0.4) is 0 Å². The van der Waals surface area contributed by atoms with E-state index in [-0.39, 0.29) is 0 Å². The zero-order valence-corrected chi connectivity index (χ0v) is 12.9. The Hall–Kier alpha value is -2.01. The molecule has 5 N–H and O–H groups in total. The summed E-state index contributed by atoms with van der Waals surface area (Å²) in [4.78, 5) is 11.5. The number of aryl methyl sites for hydroxylation is 2. The second kappa shape index (κ2) is 5.54. The number of nitrogens with two attached hydrogens (primary N) is 2. The zero-order valence-electron chi connectivity index (χ0n) is 11.3. The largest absolute Gasteiger partial charge is 0.399 e. The molecule has 0 unspecified atom stereocenters. The Morgan fingerprint density at radius 2 is 1.75 bits per heavy atom. The lowest BCUT2D eigenvalue weighted by Crippen LogP contribution is -2.14. The molecule has 4 nitrogen and oxygen atoms in total. The number of carbonyl (C=O) groups excluding carboxylic acids is 1. The van der Waals surface area contributed by atoms with E-state index in [1.807, 2.05) is 26.0 Å². The summed E-state index contributed by atoms with van der Waals surface area (Å²) >= 11 is 3.46. The van der Waals surface area contributed by atoms with Crippen molar-refractivity contribution in [1.29, 1.82) is 0 Å². The molecule has 20 heavy (non-hydrogen) atoms. The van der Waals surface area contributed by atoms with Crippen molar-refractivity contribution in [3.63, 3.8) is 0 Å². The van der Waals surface area contributed by atoms with Crippen molar-refractivity contribution in [2.45, 2.75) is 13.8 Å². The molecule has 0 radical (unpaired) electrons. The van der Waals surface area contributed by atoms with Gasteiger partial charge in [-0.3, -0.25) is 4.79 Å². The first-order valence-electron chi connectivity index (χ1n) is 6.11. The Labute approximate surface area is 126 Å². The van der Waals surface area contributed by atoms with Crippen molar-refractivity contribution in [2.24, 2.45) is 5.73 Å². The average molecular weight is 334 g/mol. The highest BCUT2D eigenvalue weighted by Crippen LogP contribution is 2.30.